The van der Waals surface area contributed by atoms with E-state index in [2.05, 4.69) is 13.8 Å². The van der Waals surface area contributed by atoms with Crippen molar-refractivity contribution in [3.05, 3.63) is 0 Å². The fourth-order valence-corrected chi connectivity index (χ4v) is 3.94. The maximum atomic E-state index is 11.1. The Morgan fingerprint density at radius 3 is 2.17 bits per heavy atom. The SMILES string of the molecule is CC(C)C1CCC(O)(C2(CN)CCOCC2)CC1. The molecule has 0 aromatic heterocycles. The first-order valence-corrected chi connectivity index (χ1v) is 7.53. The van der Waals surface area contributed by atoms with Crippen molar-refractivity contribution < 1.29 is 9.84 Å². The highest BCUT2D eigenvalue weighted by Gasteiger charge is 2.51. The largest absolute Gasteiger partial charge is 0.389 e. The van der Waals surface area contributed by atoms with E-state index in [1.165, 1.54) is 0 Å². The summed E-state index contributed by atoms with van der Waals surface area (Å²) in [7, 11) is 0. The summed E-state index contributed by atoms with van der Waals surface area (Å²) < 4.78 is 5.46. The second kappa shape index (κ2) is 5.48. The molecular formula is C15H29NO2. The van der Waals surface area contributed by atoms with Gasteiger partial charge >= 0.3 is 0 Å². The predicted octanol–water partition coefficient (Wildman–Crippen LogP) is 2.32. The van der Waals surface area contributed by atoms with E-state index in [0.717, 1.165) is 63.6 Å². The van der Waals surface area contributed by atoms with Crippen LogP contribution >= 0.6 is 0 Å². The van der Waals surface area contributed by atoms with E-state index in [9.17, 15) is 5.11 Å². The van der Waals surface area contributed by atoms with Crippen LogP contribution in [0.15, 0.2) is 0 Å². The van der Waals surface area contributed by atoms with Crippen LogP contribution in [0.2, 0.25) is 0 Å². The van der Waals surface area contributed by atoms with Gasteiger partial charge in [0, 0.05) is 25.2 Å². The van der Waals surface area contributed by atoms with Crippen LogP contribution in [0.5, 0.6) is 0 Å². The van der Waals surface area contributed by atoms with Gasteiger partial charge in [0.1, 0.15) is 0 Å². The van der Waals surface area contributed by atoms with Gasteiger partial charge in [0.05, 0.1) is 5.60 Å². The zero-order valence-corrected chi connectivity index (χ0v) is 12.0. The van der Waals surface area contributed by atoms with Gasteiger partial charge in [-0.3, -0.25) is 0 Å². The average Bonchev–Trinajstić information content (AvgIpc) is 2.40. The molecule has 3 heteroatoms. The first kappa shape index (κ1) is 14.3. The molecule has 2 aliphatic rings. The van der Waals surface area contributed by atoms with Gasteiger partial charge in [0.2, 0.25) is 0 Å². The van der Waals surface area contributed by atoms with E-state index in [0.29, 0.717) is 6.54 Å². The molecule has 3 nitrogen and oxygen atoms in total. The predicted molar refractivity (Wildman–Crippen MR) is 73.3 cm³/mol. The minimum Gasteiger partial charge on any atom is -0.389 e. The van der Waals surface area contributed by atoms with Crippen LogP contribution < -0.4 is 5.73 Å². The fourth-order valence-electron chi connectivity index (χ4n) is 3.94. The van der Waals surface area contributed by atoms with E-state index in [-0.39, 0.29) is 5.41 Å². The summed E-state index contributed by atoms with van der Waals surface area (Å²) in [5.74, 6) is 1.51. The molecule has 2 fully saturated rings. The minimum atomic E-state index is -0.545. The smallest absolute Gasteiger partial charge is 0.0717 e. The van der Waals surface area contributed by atoms with Crippen molar-refractivity contribution in [3.8, 4) is 0 Å². The lowest BCUT2D eigenvalue weighted by Crippen LogP contribution is -2.56. The summed E-state index contributed by atoms with van der Waals surface area (Å²) >= 11 is 0. The molecule has 0 radical (unpaired) electrons. The van der Waals surface area contributed by atoms with Crippen molar-refractivity contribution in [1.29, 1.82) is 0 Å². The number of rotatable bonds is 3. The Balaban J connectivity index is 2.06. The normalized spacial score (nSPS) is 36.8. The average molecular weight is 255 g/mol. The van der Waals surface area contributed by atoms with Gasteiger partial charge in [0.25, 0.3) is 0 Å². The van der Waals surface area contributed by atoms with E-state index < -0.39 is 5.60 Å². The van der Waals surface area contributed by atoms with Crippen LogP contribution in [-0.2, 0) is 4.74 Å². The molecule has 2 rings (SSSR count). The summed E-state index contributed by atoms with van der Waals surface area (Å²) in [6.07, 6.45) is 5.99. The Bertz CT molecular complexity index is 264. The first-order valence-electron chi connectivity index (χ1n) is 7.53. The third kappa shape index (κ3) is 2.45. The molecule has 1 heterocycles. The molecule has 0 aromatic carbocycles. The molecule has 3 N–H and O–H groups in total. The summed E-state index contributed by atoms with van der Waals surface area (Å²) in [5.41, 5.74) is 5.40. The number of nitrogens with two attached hydrogens (primary N) is 1. The highest BCUT2D eigenvalue weighted by molar-refractivity contribution is 5.03. The Labute approximate surface area is 111 Å². The number of hydrogen-bond acceptors (Lipinski definition) is 3. The van der Waals surface area contributed by atoms with Crippen molar-refractivity contribution in [2.75, 3.05) is 19.8 Å². The van der Waals surface area contributed by atoms with Crippen molar-refractivity contribution in [1.82, 2.24) is 0 Å². The van der Waals surface area contributed by atoms with Crippen molar-refractivity contribution in [2.24, 2.45) is 23.0 Å². The van der Waals surface area contributed by atoms with Gasteiger partial charge in [-0.25, -0.2) is 0 Å². The maximum absolute atomic E-state index is 11.1. The van der Waals surface area contributed by atoms with Gasteiger partial charge in [0.15, 0.2) is 0 Å². The summed E-state index contributed by atoms with van der Waals surface area (Å²) in [6.45, 7) is 6.70. The summed E-state index contributed by atoms with van der Waals surface area (Å²) in [5, 5.41) is 11.1. The lowest BCUT2D eigenvalue weighted by molar-refractivity contribution is -0.152. The Hall–Kier alpha value is -0.120. The molecule has 106 valence electrons. The van der Waals surface area contributed by atoms with Gasteiger partial charge in [-0.15, -0.1) is 0 Å². The molecule has 1 saturated heterocycles. The number of hydrogen-bond donors (Lipinski definition) is 2. The fraction of sp³-hybridized carbons (Fsp3) is 1.00. The summed E-state index contributed by atoms with van der Waals surface area (Å²) in [4.78, 5) is 0. The molecule has 0 unspecified atom stereocenters. The molecule has 0 atom stereocenters. The van der Waals surface area contributed by atoms with Crippen LogP contribution in [0.4, 0.5) is 0 Å². The molecule has 1 aliphatic heterocycles. The molecule has 0 bridgehead atoms. The van der Waals surface area contributed by atoms with Crippen LogP contribution in [0.3, 0.4) is 0 Å². The van der Waals surface area contributed by atoms with Crippen LogP contribution in [0.25, 0.3) is 0 Å². The van der Waals surface area contributed by atoms with E-state index in [1.54, 1.807) is 0 Å². The van der Waals surface area contributed by atoms with E-state index in [1.807, 2.05) is 0 Å². The number of aliphatic hydroxyl groups is 1. The van der Waals surface area contributed by atoms with Gasteiger partial charge in [-0.2, -0.15) is 0 Å². The minimum absolute atomic E-state index is 0.0901. The second-order valence-corrected chi connectivity index (χ2v) is 6.71. The Morgan fingerprint density at radius 2 is 1.72 bits per heavy atom. The first-order chi connectivity index (χ1) is 8.53. The molecule has 1 aliphatic carbocycles. The third-order valence-electron chi connectivity index (χ3n) is 5.63. The molecule has 0 spiro atoms. The third-order valence-corrected chi connectivity index (χ3v) is 5.63. The van der Waals surface area contributed by atoms with Gasteiger partial charge in [-0.05, 0) is 50.4 Å². The maximum Gasteiger partial charge on any atom is 0.0717 e. The molecular weight excluding hydrogens is 226 g/mol. The Morgan fingerprint density at radius 1 is 1.17 bits per heavy atom. The van der Waals surface area contributed by atoms with Crippen molar-refractivity contribution in [2.45, 2.75) is 58.0 Å². The highest BCUT2D eigenvalue weighted by Crippen LogP contribution is 2.49. The zero-order chi connectivity index (χ0) is 13.2. The summed E-state index contributed by atoms with van der Waals surface area (Å²) in [6, 6.07) is 0. The van der Waals surface area contributed by atoms with Gasteiger partial charge in [-0.1, -0.05) is 13.8 Å². The van der Waals surface area contributed by atoms with Gasteiger partial charge < -0.3 is 15.6 Å². The second-order valence-electron chi connectivity index (χ2n) is 6.71. The van der Waals surface area contributed by atoms with E-state index >= 15 is 0 Å². The van der Waals surface area contributed by atoms with Crippen LogP contribution in [0.1, 0.15) is 52.4 Å². The van der Waals surface area contributed by atoms with E-state index in [4.69, 9.17) is 10.5 Å². The van der Waals surface area contributed by atoms with Crippen LogP contribution in [0, 0.1) is 17.3 Å². The van der Waals surface area contributed by atoms with Crippen LogP contribution in [-0.4, -0.2) is 30.5 Å². The molecule has 0 aromatic rings. The van der Waals surface area contributed by atoms with Crippen molar-refractivity contribution in [3.63, 3.8) is 0 Å². The lowest BCUT2D eigenvalue weighted by Gasteiger charge is -2.52. The lowest BCUT2D eigenvalue weighted by atomic mass is 9.59. The standard InChI is InChI=1S/C15H29NO2/c1-12(2)13-3-5-15(17,6-4-13)14(11-16)7-9-18-10-8-14/h12-13,17H,3-11,16H2,1-2H3. The monoisotopic (exact) mass is 255 g/mol. The molecule has 0 amide bonds. The Kier molecular flexibility index (Phi) is 4.35. The highest BCUT2D eigenvalue weighted by atomic mass is 16.5. The quantitative estimate of drug-likeness (QED) is 0.813. The molecule has 18 heavy (non-hydrogen) atoms. The number of ether oxygens (including phenoxy) is 1. The zero-order valence-electron chi connectivity index (χ0n) is 12.0. The molecule has 1 saturated carbocycles. The van der Waals surface area contributed by atoms with Crippen molar-refractivity contribution >= 4 is 0 Å². The topological polar surface area (TPSA) is 55.5 Å².